The van der Waals surface area contributed by atoms with E-state index in [1.165, 1.54) is 0 Å². The standard InChI is InChI=1S/C16H17FN2O8S/c1-2-3-12(15(23)18-8-20)19-6-11-10(16(19)24)4-9(28(17,25)26)5-13(11)27-7-14(21)22/h4-5,8,12H,2-3,6-7H2,1H3,(H,21,22)(H,18,20,23). The van der Waals surface area contributed by atoms with Crippen LogP contribution in [-0.2, 0) is 31.2 Å². The van der Waals surface area contributed by atoms with Crippen LogP contribution in [0.2, 0.25) is 0 Å². The molecule has 0 saturated heterocycles. The van der Waals surface area contributed by atoms with Gasteiger partial charge in [0.1, 0.15) is 16.7 Å². The third kappa shape index (κ3) is 4.44. The zero-order valence-electron chi connectivity index (χ0n) is 14.7. The highest BCUT2D eigenvalue weighted by atomic mass is 32.3. The highest BCUT2D eigenvalue weighted by Gasteiger charge is 2.38. The van der Waals surface area contributed by atoms with Crippen LogP contribution in [0.5, 0.6) is 5.75 Å². The summed E-state index contributed by atoms with van der Waals surface area (Å²) in [6.45, 7) is 0.706. The van der Waals surface area contributed by atoms with Crippen molar-refractivity contribution in [2.45, 2.75) is 37.2 Å². The molecule has 2 rings (SSSR count). The van der Waals surface area contributed by atoms with E-state index >= 15 is 0 Å². The minimum Gasteiger partial charge on any atom is -0.481 e. The fourth-order valence-corrected chi connectivity index (χ4v) is 3.39. The van der Waals surface area contributed by atoms with Gasteiger partial charge in [0.05, 0.1) is 6.54 Å². The van der Waals surface area contributed by atoms with Gasteiger partial charge in [0.15, 0.2) is 6.61 Å². The lowest BCUT2D eigenvalue weighted by atomic mass is 10.1. The number of halogens is 1. The third-order valence-corrected chi connectivity index (χ3v) is 4.88. The first-order chi connectivity index (χ1) is 13.1. The number of carboxylic acid groups (broad SMARTS) is 1. The minimum absolute atomic E-state index is 0.124. The molecule has 152 valence electrons. The first kappa shape index (κ1) is 21.3. The Hall–Kier alpha value is -3.02. The van der Waals surface area contributed by atoms with Crippen LogP contribution in [0, 0.1) is 0 Å². The summed E-state index contributed by atoms with van der Waals surface area (Å²) in [7, 11) is -5.21. The molecule has 0 aromatic heterocycles. The minimum atomic E-state index is -5.21. The Morgan fingerprint density at radius 1 is 1.43 bits per heavy atom. The number of nitrogens with one attached hydrogen (secondary N) is 1. The van der Waals surface area contributed by atoms with Crippen molar-refractivity contribution in [3.63, 3.8) is 0 Å². The number of carbonyl (C=O) groups is 4. The van der Waals surface area contributed by atoms with Gasteiger partial charge in [0, 0.05) is 17.2 Å². The normalized spacial score (nSPS) is 14.4. The molecule has 2 N–H and O–H groups in total. The molecule has 1 heterocycles. The number of hydrogen-bond acceptors (Lipinski definition) is 7. The number of benzene rings is 1. The Morgan fingerprint density at radius 2 is 2.11 bits per heavy atom. The topological polar surface area (TPSA) is 147 Å². The van der Waals surface area contributed by atoms with Gasteiger partial charge in [0.2, 0.25) is 12.3 Å². The first-order valence-electron chi connectivity index (χ1n) is 8.11. The van der Waals surface area contributed by atoms with Gasteiger partial charge in [-0.2, -0.15) is 8.42 Å². The Bertz CT molecular complexity index is 931. The van der Waals surface area contributed by atoms with E-state index in [2.05, 4.69) is 0 Å². The Balaban J connectivity index is 2.51. The molecule has 0 aliphatic carbocycles. The maximum Gasteiger partial charge on any atom is 0.341 e. The fourth-order valence-electron chi connectivity index (χ4n) is 2.89. The van der Waals surface area contributed by atoms with Crippen molar-refractivity contribution in [3.05, 3.63) is 23.3 Å². The molecule has 12 heteroatoms. The predicted octanol–water partition coefficient (Wildman–Crippen LogP) is 0.205. The summed E-state index contributed by atoms with van der Waals surface area (Å²) in [6, 6.07) is 0.558. The number of carbonyl (C=O) groups excluding carboxylic acids is 3. The molecule has 1 aromatic carbocycles. The number of rotatable bonds is 9. The summed E-state index contributed by atoms with van der Waals surface area (Å²) in [5.74, 6) is -3.15. The number of ether oxygens (including phenoxy) is 1. The van der Waals surface area contributed by atoms with Crippen LogP contribution in [0.4, 0.5) is 3.89 Å². The lowest BCUT2D eigenvalue weighted by Crippen LogP contribution is -2.46. The van der Waals surface area contributed by atoms with Crippen molar-refractivity contribution in [1.29, 1.82) is 0 Å². The number of amides is 3. The summed E-state index contributed by atoms with van der Waals surface area (Å²) in [6.07, 6.45) is 0.871. The van der Waals surface area contributed by atoms with Crippen LogP contribution >= 0.6 is 0 Å². The molecular weight excluding hydrogens is 399 g/mol. The summed E-state index contributed by atoms with van der Waals surface area (Å²) < 4.78 is 41.0. The quantitative estimate of drug-likeness (QED) is 0.429. The van der Waals surface area contributed by atoms with Gasteiger partial charge in [-0.1, -0.05) is 13.3 Å². The monoisotopic (exact) mass is 416 g/mol. The van der Waals surface area contributed by atoms with Crippen LogP contribution in [0.15, 0.2) is 17.0 Å². The molecule has 0 bridgehead atoms. The summed E-state index contributed by atoms with van der Waals surface area (Å²) in [5, 5.41) is 10.7. The van der Waals surface area contributed by atoms with E-state index in [4.69, 9.17) is 9.84 Å². The van der Waals surface area contributed by atoms with Crippen LogP contribution in [-0.4, -0.2) is 55.3 Å². The Labute approximate surface area is 159 Å². The zero-order chi connectivity index (χ0) is 21.1. The number of fused-ring (bicyclic) bond motifs is 1. The van der Waals surface area contributed by atoms with Crippen molar-refractivity contribution < 1.29 is 41.3 Å². The van der Waals surface area contributed by atoms with E-state index in [-0.39, 0.29) is 36.3 Å². The van der Waals surface area contributed by atoms with Crippen molar-refractivity contribution in [2.75, 3.05) is 6.61 Å². The number of hydrogen-bond donors (Lipinski definition) is 2. The van der Waals surface area contributed by atoms with Crippen molar-refractivity contribution >= 4 is 34.4 Å². The van der Waals surface area contributed by atoms with Gasteiger partial charge >= 0.3 is 16.2 Å². The van der Waals surface area contributed by atoms with E-state index in [0.29, 0.717) is 6.42 Å². The number of carboxylic acids is 1. The van der Waals surface area contributed by atoms with Gasteiger partial charge in [-0.15, -0.1) is 3.89 Å². The highest BCUT2D eigenvalue weighted by Crippen LogP contribution is 2.36. The SMILES string of the molecule is CCCC(C(=O)NC=O)N1Cc2c(OCC(=O)O)cc(S(=O)(=O)F)cc2C1=O. The third-order valence-electron chi connectivity index (χ3n) is 4.08. The fraction of sp³-hybridized carbons (Fsp3) is 0.375. The molecule has 1 aliphatic rings. The van der Waals surface area contributed by atoms with E-state index in [1.54, 1.807) is 6.92 Å². The Morgan fingerprint density at radius 3 is 2.64 bits per heavy atom. The molecule has 1 aromatic rings. The van der Waals surface area contributed by atoms with Crippen molar-refractivity contribution in [1.82, 2.24) is 10.2 Å². The molecule has 1 atom stereocenters. The molecule has 28 heavy (non-hydrogen) atoms. The van der Waals surface area contributed by atoms with Crippen molar-refractivity contribution in [3.8, 4) is 5.75 Å². The van der Waals surface area contributed by atoms with E-state index in [1.807, 2.05) is 5.32 Å². The second-order valence-electron chi connectivity index (χ2n) is 5.93. The lowest BCUT2D eigenvalue weighted by molar-refractivity contribution is -0.139. The van der Waals surface area contributed by atoms with Crippen LogP contribution in [0.3, 0.4) is 0 Å². The molecule has 3 amide bonds. The predicted molar refractivity (Wildman–Crippen MR) is 90.6 cm³/mol. The van der Waals surface area contributed by atoms with Crippen LogP contribution < -0.4 is 10.1 Å². The van der Waals surface area contributed by atoms with Gasteiger partial charge in [-0.3, -0.25) is 19.7 Å². The number of aliphatic carboxylic acids is 1. The maximum absolute atomic E-state index is 13.5. The summed E-state index contributed by atoms with van der Waals surface area (Å²) >= 11 is 0. The van der Waals surface area contributed by atoms with Gasteiger partial charge in [-0.05, 0) is 12.5 Å². The molecule has 0 radical (unpaired) electrons. The largest absolute Gasteiger partial charge is 0.481 e. The number of imide groups is 1. The summed E-state index contributed by atoms with van der Waals surface area (Å²) in [4.78, 5) is 46.5. The highest BCUT2D eigenvalue weighted by molar-refractivity contribution is 7.86. The van der Waals surface area contributed by atoms with Gasteiger partial charge in [0.25, 0.3) is 5.91 Å². The molecule has 0 spiro atoms. The number of nitrogens with zero attached hydrogens (tertiary/aromatic N) is 1. The van der Waals surface area contributed by atoms with Crippen LogP contribution in [0.1, 0.15) is 35.7 Å². The van der Waals surface area contributed by atoms with E-state index < -0.39 is 45.6 Å². The maximum atomic E-state index is 13.5. The van der Waals surface area contributed by atoms with Crippen LogP contribution in [0.25, 0.3) is 0 Å². The molecule has 0 saturated carbocycles. The van der Waals surface area contributed by atoms with Gasteiger partial charge < -0.3 is 14.7 Å². The van der Waals surface area contributed by atoms with Gasteiger partial charge in [-0.25, -0.2) is 4.79 Å². The average Bonchev–Trinajstić information content (AvgIpc) is 2.93. The second-order valence-corrected chi connectivity index (χ2v) is 7.28. The first-order valence-corrected chi connectivity index (χ1v) is 9.49. The molecule has 1 aliphatic heterocycles. The Kier molecular flexibility index (Phi) is 6.33. The smallest absolute Gasteiger partial charge is 0.341 e. The average molecular weight is 416 g/mol. The van der Waals surface area contributed by atoms with E-state index in [9.17, 15) is 31.5 Å². The van der Waals surface area contributed by atoms with E-state index in [0.717, 1.165) is 17.0 Å². The zero-order valence-corrected chi connectivity index (χ0v) is 15.5. The van der Waals surface area contributed by atoms with Crippen molar-refractivity contribution in [2.24, 2.45) is 0 Å². The molecule has 10 nitrogen and oxygen atoms in total. The second kappa shape index (κ2) is 8.33. The molecular formula is C16H17FN2O8S. The molecule has 0 fully saturated rings. The summed E-state index contributed by atoms with van der Waals surface area (Å²) in [5.41, 5.74) is -0.0993. The lowest BCUT2D eigenvalue weighted by Gasteiger charge is -2.25. The molecule has 1 unspecified atom stereocenters.